The molecule has 2 rings (SSSR count). The van der Waals surface area contributed by atoms with Crippen LogP contribution in [0.1, 0.15) is 31.7 Å². The van der Waals surface area contributed by atoms with Gasteiger partial charge in [-0.25, -0.2) is 0 Å². The van der Waals surface area contributed by atoms with Crippen LogP contribution >= 0.6 is 0 Å². The fraction of sp³-hybridized carbons (Fsp3) is 0.467. The van der Waals surface area contributed by atoms with Gasteiger partial charge in [0.05, 0.1) is 0 Å². The van der Waals surface area contributed by atoms with Gasteiger partial charge in [0.1, 0.15) is 6.10 Å². The van der Waals surface area contributed by atoms with E-state index in [0.717, 1.165) is 24.5 Å². The Labute approximate surface area is 111 Å². The first-order valence-corrected chi connectivity index (χ1v) is 6.48. The van der Waals surface area contributed by atoms with Crippen LogP contribution in [0, 0.1) is 0 Å². The molecule has 104 valence electrons. The molecular weight excluding hydrogens is 253 g/mol. The average molecular weight is 270 g/mol. The number of halogens is 3. The van der Waals surface area contributed by atoms with Gasteiger partial charge < -0.3 is 4.74 Å². The van der Waals surface area contributed by atoms with Gasteiger partial charge in [0.15, 0.2) is 0 Å². The summed E-state index contributed by atoms with van der Waals surface area (Å²) in [5.41, 5.74) is -1.33. The lowest BCUT2D eigenvalue weighted by Gasteiger charge is -2.13. The van der Waals surface area contributed by atoms with Crippen molar-refractivity contribution in [2.45, 2.75) is 44.1 Å². The van der Waals surface area contributed by atoms with Gasteiger partial charge in [-0.05, 0) is 18.1 Å². The normalized spacial score (nSPS) is 26.8. The Morgan fingerprint density at radius 3 is 2.53 bits per heavy atom. The summed E-state index contributed by atoms with van der Waals surface area (Å²) in [5, 5.41) is 0. The molecule has 4 heteroatoms. The van der Waals surface area contributed by atoms with Crippen molar-refractivity contribution in [1.82, 2.24) is 0 Å². The molecule has 0 aromatic heterocycles. The fourth-order valence-electron chi connectivity index (χ4n) is 2.14. The van der Waals surface area contributed by atoms with E-state index >= 15 is 0 Å². The third-order valence-electron chi connectivity index (χ3n) is 3.34. The van der Waals surface area contributed by atoms with E-state index < -0.39 is 17.9 Å². The molecule has 1 saturated heterocycles. The molecule has 0 aliphatic carbocycles. The zero-order valence-corrected chi connectivity index (χ0v) is 10.8. The van der Waals surface area contributed by atoms with Crippen molar-refractivity contribution in [1.29, 1.82) is 0 Å². The van der Waals surface area contributed by atoms with Gasteiger partial charge in [0.2, 0.25) is 5.60 Å². The second kappa shape index (κ2) is 5.37. The van der Waals surface area contributed by atoms with Crippen LogP contribution in [0.5, 0.6) is 0 Å². The molecule has 1 fully saturated rings. The molecule has 0 bridgehead atoms. The molecule has 1 aromatic rings. The molecule has 0 amide bonds. The van der Waals surface area contributed by atoms with Crippen LogP contribution in [0.3, 0.4) is 0 Å². The molecule has 1 aliphatic heterocycles. The highest BCUT2D eigenvalue weighted by Crippen LogP contribution is 2.52. The summed E-state index contributed by atoms with van der Waals surface area (Å²) in [5.74, 6) is 0. The lowest BCUT2D eigenvalue weighted by molar-refractivity contribution is -0.169. The van der Waals surface area contributed by atoms with Crippen LogP contribution in [-0.2, 0) is 4.74 Å². The van der Waals surface area contributed by atoms with E-state index in [9.17, 15) is 13.2 Å². The van der Waals surface area contributed by atoms with Crippen LogP contribution in [0.4, 0.5) is 13.2 Å². The van der Waals surface area contributed by atoms with Crippen LogP contribution in [-0.4, -0.2) is 17.9 Å². The molecule has 1 heterocycles. The summed E-state index contributed by atoms with van der Waals surface area (Å²) in [6, 6.07) is 8.95. The second-order valence-electron chi connectivity index (χ2n) is 4.78. The van der Waals surface area contributed by atoms with Crippen molar-refractivity contribution in [3.63, 3.8) is 0 Å². The third kappa shape index (κ3) is 3.00. The maximum atomic E-state index is 13.1. The second-order valence-corrected chi connectivity index (χ2v) is 4.78. The van der Waals surface area contributed by atoms with Crippen LogP contribution < -0.4 is 0 Å². The lowest BCUT2D eigenvalue weighted by Crippen LogP contribution is -2.33. The molecule has 2 atom stereocenters. The van der Waals surface area contributed by atoms with Gasteiger partial charge in [-0.15, -0.1) is 0 Å². The number of unbranched alkanes of at least 4 members (excludes halogenated alkanes) is 1. The monoisotopic (exact) mass is 270 g/mol. The fourth-order valence-corrected chi connectivity index (χ4v) is 2.14. The number of benzene rings is 1. The molecule has 19 heavy (non-hydrogen) atoms. The molecule has 1 nitrogen and oxygen atoms in total. The van der Waals surface area contributed by atoms with Gasteiger partial charge >= 0.3 is 6.18 Å². The number of epoxide rings is 1. The Bertz CT molecular complexity index is 438. The first-order chi connectivity index (χ1) is 8.99. The first kappa shape index (κ1) is 14.1. The Morgan fingerprint density at radius 1 is 1.26 bits per heavy atom. The van der Waals surface area contributed by atoms with Crippen molar-refractivity contribution in [2.24, 2.45) is 0 Å². The SMILES string of the molecule is CCCC[C@@H]1O[C@@]1(/C=C/c1ccccc1)C(F)(F)F. The van der Waals surface area contributed by atoms with E-state index in [4.69, 9.17) is 4.74 Å². The number of hydrogen-bond acceptors (Lipinski definition) is 1. The van der Waals surface area contributed by atoms with E-state index in [-0.39, 0.29) is 0 Å². The largest absolute Gasteiger partial charge is 0.423 e. The minimum atomic E-state index is -4.35. The van der Waals surface area contributed by atoms with E-state index in [1.807, 2.05) is 13.0 Å². The zero-order valence-electron chi connectivity index (χ0n) is 10.8. The van der Waals surface area contributed by atoms with Crippen molar-refractivity contribution in [3.05, 3.63) is 42.0 Å². The Kier molecular flexibility index (Phi) is 3.99. The number of rotatable bonds is 5. The van der Waals surface area contributed by atoms with Crippen LogP contribution in [0.15, 0.2) is 36.4 Å². The quantitative estimate of drug-likeness (QED) is 0.713. The van der Waals surface area contributed by atoms with E-state index in [1.54, 1.807) is 24.3 Å². The molecule has 0 unspecified atom stereocenters. The highest BCUT2D eigenvalue weighted by atomic mass is 19.4. The number of hydrogen-bond donors (Lipinski definition) is 0. The Balaban J connectivity index is 2.11. The van der Waals surface area contributed by atoms with Gasteiger partial charge in [-0.1, -0.05) is 56.2 Å². The van der Waals surface area contributed by atoms with Crippen molar-refractivity contribution in [3.8, 4) is 0 Å². The average Bonchev–Trinajstić information content (AvgIpc) is 3.10. The molecular formula is C15H17F3O. The molecule has 0 N–H and O–H groups in total. The van der Waals surface area contributed by atoms with Crippen LogP contribution in [0.2, 0.25) is 0 Å². The van der Waals surface area contributed by atoms with Gasteiger partial charge in [-0.3, -0.25) is 0 Å². The maximum Gasteiger partial charge on any atom is 0.423 e. The Hall–Kier alpha value is -1.29. The summed E-state index contributed by atoms with van der Waals surface area (Å²) < 4.78 is 44.3. The summed E-state index contributed by atoms with van der Waals surface area (Å²) >= 11 is 0. The van der Waals surface area contributed by atoms with E-state index in [2.05, 4.69) is 0 Å². The summed E-state index contributed by atoms with van der Waals surface area (Å²) in [4.78, 5) is 0. The van der Waals surface area contributed by atoms with Crippen molar-refractivity contribution < 1.29 is 17.9 Å². The summed E-state index contributed by atoms with van der Waals surface area (Å²) in [6.07, 6.45) is -0.362. The topological polar surface area (TPSA) is 12.5 Å². The molecule has 1 aliphatic rings. The van der Waals surface area contributed by atoms with Gasteiger partial charge in [-0.2, -0.15) is 13.2 Å². The minimum absolute atomic E-state index is 0.454. The van der Waals surface area contributed by atoms with Gasteiger partial charge in [0, 0.05) is 0 Å². The highest BCUT2D eigenvalue weighted by Gasteiger charge is 2.71. The predicted octanol–water partition coefficient (Wildman–Crippen LogP) is 4.59. The minimum Gasteiger partial charge on any atom is -0.352 e. The standard InChI is InChI=1S/C15H17F3O/c1-2-3-9-13-14(19-13,15(16,17)18)11-10-12-7-5-4-6-8-12/h4-8,10-11,13H,2-3,9H2,1H3/b11-10+/t13-,14+/m0/s1. The zero-order chi connectivity index (χ0) is 13.9. The van der Waals surface area contributed by atoms with E-state index in [1.165, 1.54) is 6.08 Å². The molecule has 0 spiro atoms. The number of ether oxygens (including phenoxy) is 1. The van der Waals surface area contributed by atoms with Crippen molar-refractivity contribution in [2.75, 3.05) is 0 Å². The van der Waals surface area contributed by atoms with E-state index in [0.29, 0.717) is 6.42 Å². The smallest absolute Gasteiger partial charge is 0.352 e. The Morgan fingerprint density at radius 2 is 1.95 bits per heavy atom. The summed E-state index contributed by atoms with van der Waals surface area (Å²) in [6.45, 7) is 1.96. The van der Waals surface area contributed by atoms with Crippen LogP contribution in [0.25, 0.3) is 6.08 Å². The maximum absolute atomic E-state index is 13.1. The third-order valence-corrected chi connectivity index (χ3v) is 3.34. The molecule has 0 radical (unpaired) electrons. The molecule has 0 saturated carbocycles. The van der Waals surface area contributed by atoms with Gasteiger partial charge in [0.25, 0.3) is 0 Å². The predicted molar refractivity (Wildman–Crippen MR) is 68.7 cm³/mol. The summed E-state index contributed by atoms with van der Waals surface area (Å²) in [7, 11) is 0. The first-order valence-electron chi connectivity index (χ1n) is 6.48. The highest BCUT2D eigenvalue weighted by molar-refractivity contribution is 5.52. The lowest BCUT2D eigenvalue weighted by atomic mass is 9.99. The number of alkyl halides is 3. The van der Waals surface area contributed by atoms with Crippen molar-refractivity contribution >= 4 is 6.08 Å². The molecule has 1 aromatic carbocycles.